The number of carbonyl (C=O) groups is 1. The van der Waals surface area contributed by atoms with Crippen molar-refractivity contribution in [1.29, 1.82) is 0 Å². The van der Waals surface area contributed by atoms with Gasteiger partial charge in [-0.1, -0.05) is 23.8 Å². The first-order valence-electron chi connectivity index (χ1n) is 9.12. The molecule has 1 aliphatic rings. The van der Waals surface area contributed by atoms with E-state index in [1.807, 2.05) is 12.2 Å². The molecule has 0 aliphatic heterocycles. The van der Waals surface area contributed by atoms with Crippen molar-refractivity contribution >= 4 is 29.2 Å². The van der Waals surface area contributed by atoms with Crippen molar-refractivity contribution in [1.82, 2.24) is 0 Å². The number of benzene rings is 1. The number of hydrogen-bond donors (Lipinski definition) is 3. The monoisotopic (exact) mass is 416 g/mol. The summed E-state index contributed by atoms with van der Waals surface area (Å²) in [4.78, 5) is 10.5. The number of carboxylic acid groups (broad SMARTS) is 1. The molecular weight excluding hydrogens is 391 g/mol. The Kier molecular flexibility index (Phi) is 8.90. The lowest BCUT2D eigenvalue weighted by Gasteiger charge is -2.23. The van der Waals surface area contributed by atoms with Crippen LogP contribution in [0.5, 0.6) is 5.75 Å². The zero-order valence-electron chi connectivity index (χ0n) is 15.1. The van der Waals surface area contributed by atoms with Crippen LogP contribution in [-0.4, -0.2) is 39.4 Å². The number of halogens is 2. The number of alkyl halides is 1. The van der Waals surface area contributed by atoms with E-state index in [1.165, 1.54) is 0 Å². The second-order valence-electron chi connectivity index (χ2n) is 6.90. The summed E-state index contributed by atoms with van der Waals surface area (Å²) >= 11 is 12.4. The SMILES string of the molecule is O=C(O)CCC/C=C\C[C@@H]1[C@@H](COc2cc(Cl)cc(CO)c2)[C@H](O)C[C@H]1Cl. The minimum atomic E-state index is -0.786. The van der Waals surface area contributed by atoms with Crippen LogP contribution >= 0.6 is 23.2 Å². The Morgan fingerprint density at radius 1 is 1.26 bits per heavy atom. The first kappa shape index (κ1) is 22.0. The Balaban J connectivity index is 1.90. The molecule has 0 unspecified atom stereocenters. The van der Waals surface area contributed by atoms with Crippen molar-refractivity contribution in [3.63, 3.8) is 0 Å². The smallest absolute Gasteiger partial charge is 0.303 e. The van der Waals surface area contributed by atoms with Crippen LogP contribution in [0.4, 0.5) is 0 Å². The molecule has 2 rings (SSSR count). The van der Waals surface area contributed by atoms with E-state index in [0.29, 0.717) is 48.6 Å². The van der Waals surface area contributed by atoms with Gasteiger partial charge in [-0.25, -0.2) is 0 Å². The molecule has 4 atom stereocenters. The highest BCUT2D eigenvalue weighted by Crippen LogP contribution is 2.39. The van der Waals surface area contributed by atoms with Gasteiger partial charge in [0.25, 0.3) is 0 Å². The molecule has 0 heterocycles. The number of aliphatic carboxylic acids is 1. The number of unbranched alkanes of at least 4 members (excludes halogenated alkanes) is 1. The van der Waals surface area contributed by atoms with Crippen LogP contribution in [-0.2, 0) is 11.4 Å². The van der Waals surface area contributed by atoms with Gasteiger partial charge in [0.05, 0.1) is 19.3 Å². The van der Waals surface area contributed by atoms with Crippen LogP contribution in [0.1, 0.15) is 37.7 Å². The first-order chi connectivity index (χ1) is 12.9. The topological polar surface area (TPSA) is 87.0 Å². The molecule has 1 aromatic rings. The third kappa shape index (κ3) is 7.00. The molecule has 1 saturated carbocycles. The normalized spacial score (nSPS) is 25.2. The largest absolute Gasteiger partial charge is 0.493 e. The van der Waals surface area contributed by atoms with Crippen LogP contribution in [0.25, 0.3) is 0 Å². The molecule has 0 radical (unpaired) electrons. The summed E-state index contributed by atoms with van der Waals surface area (Å²) in [5.41, 5.74) is 0.667. The number of aliphatic hydroxyl groups excluding tert-OH is 2. The van der Waals surface area contributed by atoms with Crippen LogP contribution in [0.2, 0.25) is 5.02 Å². The predicted molar refractivity (Wildman–Crippen MR) is 105 cm³/mol. The van der Waals surface area contributed by atoms with Gasteiger partial charge >= 0.3 is 5.97 Å². The first-order valence-corrected chi connectivity index (χ1v) is 9.94. The van der Waals surface area contributed by atoms with Gasteiger partial charge in [-0.3, -0.25) is 4.79 Å². The Morgan fingerprint density at radius 3 is 2.74 bits per heavy atom. The maximum Gasteiger partial charge on any atom is 0.303 e. The van der Waals surface area contributed by atoms with Crippen molar-refractivity contribution in [2.24, 2.45) is 11.8 Å². The predicted octanol–water partition coefficient (Wildman–Crippen LogP) is 4.02. The highest BCUT2D eigenvalue weighted by molar-refractivity contribution is 6.30. The molecule has 0 spiro atoms. The highest BCUT2D eigenvalue weighted by atomic mass is 35.5. The van der Waals surface area contributed by atoms with E-state index in [1.54, 1.807) is 18.2 Å². The maximum atomic E-state index is 10.5. The van der Waals surface area contributed by atoms with Gasteiger partial charge in [0.1, 0.15) is 5.75 Å². The van der Waals surface area contributed by atoms with Gasteiger partial charge in [0.2, 0.25) is 0 Å². The van der Waals surface area contributed by atoms with E-state index in [0.717, 1.165) is 0 Å². The average Bonchev–Trinajstić information content (AvgIpc) is 2.88. The van der Waals surface area contributed by atoms with Gasteiger partial charge in [-0.2, -0.15) is 0 Å². The van der Waals surface area contributed by atoms with Gasteiger partial charge in [0.15, 0.2) is 0 Å². The lowest BCUT2D eigenvalue weighted by Crippen LogP contribution is -2.27. The van der Waals surface area contributed by atoms with Crippen LogP contribution in [0, 0.1) is 11.8 Å². The molecular formula is C20H26Cl2O5. The summed E-state index contributed by atoms with van der Waals surface area (Å²) in [6, 6.07) is 5.08. The number of ether oxygens (including phenoxy) is 1. The number of carboxylic acids is 1. The summed E-state index contributed by atoms with van der Waals surface area (Å²) in [6.07, 6.45) is 6.16. The van der Waals surface area contributed by atoms with E-state index in [2.05, 4.69) is 0 Å². The van der Waals surface area contributed by atoms with Crippen LogP contribution < -0.4 is 4.74 Å². The standard InChI is InChI=1S/C20H26Cl2O5/c21-14-7-13(11-23)8-15(9-14)27-12-17-16(18(22)10-19(17)24)5-3-1-2-4-6-20(25)26/h1,3,7-9,16-19,23-24H,2,4-6,10-12H2,(H,25,26)/b3-1-/t16-,17-,18-,19-/m1/s1. The Bertz CT molecular complexity index is 649. The molecule has 3 N–H and O–H groups in total. The zero-order chi connectivity index (χ0) is 19.8. The Morgan fingerprint density at radius 2 is 2.04 bits per heavy atom. The molecule has 7 heteroatoms. The van der Waals surface area contributed by atoms with E-state index in [9.17, 15) is 15.0 Å². The fourth-order valence-electron chi connectivity index (χ4n) is 3.42. The van der Waals surface area contributed by atoms with Crippen molar-refractivity contribution in [2.75, 3.05) is 6.61 Å². The summed E-state index contributed by atoms with van der Waals surface area (Å²) < 4.78 is 5.83. The van der Waals surface area contributed by atoms with Crippen LogP contribution in [0.15, 0.2) is 30.4 Å². The lowest BCUT2D eigenvalue weighted by molar-refractivity contribution is -0.137. The van der Waals surface area contributed by atoms with Gasteiger partial charge in [0, 0.05) is 22.7 Å². The quantitative estimate of drug-likeness (QED) is 0.304. The molecule has 27 heavy (non-hydrogen) atoms. The molecule has 0 saturated heterocycles. The fraction of sp³-hybridized carbons (Fsp3) is 0.550. The third-order valence-corrected chi connectivity index (χ3v) is 5.59. The fourth-order valence-corrected chi connectivity index (χ4v) is 4.14. The molecule has 150 valence electrons. The average molecular weight is 417 g/mol. The summed E-state index contributed by atoms with van der Waals surface area (Å²) in [6.45, 7) is 0.190. The summed E-state index contributed by atoms with van der Waals surface area (Å²) in [7, 11) is 0. The second kappa shape index (κ2) is 10.9. The number of allylic oxidation sites excluding steroid dienone is 2. The number of rotatable bonds is 10. The van der Waals surface area contributed by atoms with Crippen molar-refractivity contribution in [2.45, 2.75) is 50.2 Å². The van der Waals surface area contributed by atoms with Gasteiger partial charge in [-0.05, 0) is 55.4 Å². The molecule has 1 aliphatic carbocycles. The summed E-state index contributed by atoms with van der Waals surface area (Å²) in [5, 5.41) is 28.6. The van der Waals surface area contributed by atoms with E-state index >= 15 is 0 Å². The molecule has 1 aromatic carbocycles. The third-order valence-electron chi connectivity index (χ3n) is 4.87. The Hall–Kier alpha value is -1.27. The summed E-state index contributed by atoms with van der Waals surface area (Å²) in [5.74, 6) is -0.257. The second-order valence-corrected chi connectivity index (χ2v) is 7.90. The molecule has 1 fully saturated rings. The Labute approximate surface area is 169 Å². The minimum Gasteiger partial charge on any atom is -0.493 e. The van der Waals surface area contributed by atoms with Gasteiger partial charge in [-0.15, -0.1) is 11.6 Å². The lowest BCUT2D eigenvalue weighted by atomic mass is 9.92. The van der Waals surface area contributed by atoms with E-state index in [4.69, 9.17) is 33.0 Å². The van der Waals surface area contributed by atoms with Crippen LogP contribution in [0.3, 0.4) is 0 Å². The zero-order valence-corrected chi connectivity index (χ0v) is 16.6. The van der Waals surface area contributed by atoms with Gasteiger partial charge < -0.3 is 20.1 Å². The molecule has 0 amide bonds. The van der Waals surface area contributed by atoms with Crippen molar-refractivity contribution in [3.8, 4) is 5.75 Å². The number of hydrogen-bond acceptors (Lipinski definition) is 4. The maximum absolute atomic E-state index is 10.5. The molecule has 5 nitrogen and oxygen atoms in total. The highest BCUT2D eigenvalue weighted by Gasteiger charge is 2.41. The molecule has 0 bridgehead atoms. The van der Waals surface area contributed by atoms with E-state index in [-0.39, 0.29) is 30.2 Å². The van der Waals surface area contributed by atoms with E-state index < -0.39 is 12.1 Å². The van der Waals surface area contributed by atoms with Crippen molar-refractivity contribution < 1.29 is 24.9 Å². The van der Waals surface area contributed by atoms with Crippen molar-refractivity contribution in [3.05, 3.63) is 40.9 Å². The number of aliphatic hydroxyl groups is 2. The minimum absolute atomic E-state index is 0.0777. The molecule has 0 aromatic heterocycles.